The van der Waals surface area contributed by atoms with E-state index in [4.69, 9.17) is 5.73 Å². The molecule has 2 atom stereocenters. The minimum absolute atomic E-state index is 0.0170. The molecule has 0 aliphatic rings. The van der Waals surface area contributed by atoms with E-state index in [2.05, 4.69) is 0 Å². The number of amides is 1. The Balaban J connectivity index is 2.66. The highest BCUT2D eigenvalue weighted by Gasteiger charge is 2.20. The molecule has 3 N–H and O–H groups in total. The molecule has 17 heavy (non-hydrogen) atoms. The van der Waals surface area contributed by atoms with Crippen LogP contribution in [0, 0.1) is 5.92 Å². The summed E-state index contributed by atoms with van der Waals surface area (Å²) < 4.78 is 0. The van der Waals surface area contributed by atoms with Gasteiger partial charge in [0, 0.05) is 19.6 Å². The van der Waals surface area contributed by atoms with Gasteiger partial charge in [-0.2, -0.15) is 0 Å². The number of aromatic hydroxyl groups is 1. The molecule has 94 valence electrons. The van der Waals surface area contributed by atoms with E-state index < -0.39 is 0 Å². The van der Waals surface area contributed by atoms with Gasteiger partial charge in [-0.3, -0.25) is 4.79 Å². The van der Waals surface area contributed by atoms with Crippen molar-refractivity contribution in [2.75, 3.05) is 7.05 Å². The van der Waals surface area contributed by atoms with Gasteiger partial charge in [0.05, 0.1) is 5.92 Å². The van der Waals surface area contributed by atoms with Gasteiger partial charge in [-0.15, -0.1) is 0 Å². The summed E-state index contributed by atoms with van der Waals surface area (Å²) in [6.07, 6.45) is 0. The van der Waals surface area contributed by atoms with Gasteiger partial charge in [0.15, 0.2) is 0 Å². The van der Waals surface area contributed by atoms with Gasteiger partial charge < -0.3 is 15.7 Å². The summed E-state index contributed by atoms with van der Waals surface area (Å²) in [7, 11) is 1.74. The number of phenolic OH excluding ortho intramolecular Hbond substituents is 1. The molecule has 0 aliphatic heterocycles. The summed E-state index contributed by atoms with van der Waals surface area (Å²) in [5.74, 6) is 0.0317. The van der Waals surface area contributed by atoms with Crippen LogP contribution in [0.25, 0.3) is 0 Å². The summed E-state index contributed by atoms with van der Waals surface area (Å²) in [5.41, 5.74) is 6.61. The monoisotopic (exact) mass is 236 g/mol. The highest BCUT2D eigenvalue weighted by atomic mass is 16.3. The maximum atomic E-state index is 12.0. The van der Waals surface area contributed by atoms with E-state index in [1.807, 2.05) is 19.9 Å². The molecule has 1 aromatic rings. The largest absolute Gasteiger partial charge is 0.508 e. The fourth-order valence-corrected chi connectivity index (χ4v) is 1.58. The Labute approximate surface area is 102 Å². The van der Waals surface area contributed by atoms with E-state index in [1.165, 1.54) is 0 Å². The molecular weight excluding hydrogens is 216 g/mol. The van der Waals surface area contributed by atoms with Crippen molar-refractivity contribution in [3.05, 3.63) is 29.8 Å². The van der Waals surface area contributed by atoms with Crippen LogP contribution in [-0.4, -0.2) is 29.0 Å². The van der Waals surface area contributed by atoms with E-state index in [9.17, 15) is 9.90 Å². The normalized spacial score (nSPS) is 14.1. The number of carbonyl (C=O) groups is 1. The Kier molecular flexibility index (Phi) is 4.52. The number of nitrogens with two attached hydrogens (primary N) is 1. The van der Waals surface area contributed by atoms with E-state index >= 15 is 0 Å². The first-order valence-corrected chi connectivity index (χ1v) is 5.70. The third-order valence-corrected chi connectivity index (χ3v) is 2.88. The molecule has 0 saturated carbocycles. The van der Waals surface area contributed by atoms with Crippen LogP contribution < -0.4 is 5.73 Å². The van der Waals surface area contributed by atoms with Crippen LogP contribution in [0.4, 0.5) is 0 Å². The van der Waals surface area contributed by atoms with Gasteiger partial charge in [-0.25, -0.2) is 0 Å². The quantitative estimate of drug-likeness (QED) is 0.829. The predicted octanol–water partition coefficient (Wildman–Crippen LogP) is 1.33. The Morgan fingerprint density at radius 3 is 2.65 bits per heavy atom. The van der Waals surface area contributed by atoms with Crippen molar-refractivity contribution in [2.24, 2.45) is 11.7 Å². The first kappa shape index (κ1) is 13.5. The summed E-state index contributed by atoms with van der Waals surface area (Å²) in [6, 6.07) is 6.74. The van der Waals surface area contributed by atoms with Gasteiger partial charge in [-0.1, -0.05) is 19.1 Å². The van der Waals surface area contributed by atoms with Crippen molar-refractivity contribution < 1.29 is 9.90 Å². The maximum Gasteiger partial charge on any atom is 0.226 e. The Bertz CT molecular complexity index is 391. The van der Waals surface area contributed by atoms with Crippen molar-refractivity contribution in [3.63, 3.8) is 0 Å². The van der Waals surface area contributed by atoms with E-state index in [1.54, 1.807) is 30.1 Å². The first-order chi connectivity index (χ1) is 7.91. The molecule has 0 bridgehead atoms. The number of phenols is 1. The van der Waals surface area contributed by atoms with E-state index in [0.717, 1.165) is 5.56 Å². The number of benzene rings is 1. The molecule has 0 saturated heterocycles. The SMILES string of the molecule is CC(N)C(C)C(=O)N(C)Cc1cccc(O)c1. The second-order valence-corrected chi connectivity index (χ2v) is 4.51. The predicted molar refractivity (Wildman–Crippen MR) is 67.4 cm³/mol. The fourth-order valence-electron chi connectivity index (χ4n) is 1.58. The molecule has 4 heteroatoms. The third kappa shape index (κ3) is 3.75. The van der Waals surface area contributed by atoms with Crippen LogP contribution in [0.2, 0.25) is 0 Å². The number of carbonyl (C=O) groups excluding carboxylic acids is 1. The second kappa shape index (κ2) is 5.68. The van der Waals surface area contributed by atoms with Crippen molar-refractivity contribution in [1.82, 2.24) is 4.90 Å². The third-order valence-electron chi connectivity index (χ3n) is 2.88. The van der Waals surface area contributed by atoms with Gasteiger partial charge in [0.1, 0.15) is 5.75 Å². The van der Waals surface area contributed by atoms with Crippen molar-refractivity contribution in [3.8, 4) is 5.75 Å². The zero-order chi connectivity index (χ0) is 13.0. The van der Waals surface area contributed by atoms with Gasteiger partial charge >= 0.3 is 0 Å². The zero-order valence-electron chi connectivity index (χ0n) is 10.6. The van der Waals surface area contributed by atoms with Gasteiger partial charge in [0.2, 0.25) is 5.91 Å². The van der Waals surface area contributed by atoms with Crippen molar-refractivity contribution >= 4 is 5.91 Å². The standard InChI is InChI=1S/C13H20N2O2/c1-9(10(2)14)13(17)15(3)8-11-5-4-6-12(16)7-11/h4-7,9-10,16H,8,14H2,1-3H3. The average molecular weight is 236 g/mol. The molecule has 0 aromatic heterocycles. The lowest BCUT2D eigenvalue weighted by atomic mass is 10.0. The number of rotatable bonds is 4. The van der Waals surface area contributed by atoms with Crippen LogP contribution in [0.1, 0.15) is 19.4 Å². The van der Waals surface area contributed by atoms with Crippen molar-refractivity contribution in [2.45, 2.75) is 26.4 Å². The van der Waals surface area contributed by atoms with Crippen LogP contribution in [0.15, 0.2) is 24.3 Å². The van der Waals surface area contributed by atoms with Crippen LogP contribution in [0.5, 0.6) is 5.75 Å². The number of hydrogen-bond acceptors (Lipinski definition) is 3. The molecule has 0 heterocycles. The van der Waals surface area contributed by atoms with Crippen LogP contribution in [-0.2, 0) is 11.3 Å². The molecule has 0 radical (unpaired) electrons. The molecule has 1 rings (SSSR count). The minimum Gasteiger partial charge on any atom is -0.508 e. The molecule has 0 aliphatic carbocycles. The molecular formula is C13H20N2O2. The fraction of sp³-hybridized carbons (Fsp3) is 0.462. The molecule has 2 unspecified atom stereocenters. The lowest BCUT2D eigenvalue weighted by Crippen LogP contribution is -2.39. The Morgan fingerprint density at radius 1 is 1.47 bits per heavy atom. The van der Waals surface area contributed by atoms with Gasteiger partial charge in [0.25, 0.3) is 0 Å². The number of nitrogens with zero attached hydrogens (tertiary/aromatic N) is 1. The molecule has 0 fully saturated rings. The molecule has 1 aromatic carbocycles. The maximum absolute atomic E-state index is 12.0. The minimum atomic E-state index is -0.197. The topological polar surface area (TPSA) is 66.6 Å². The highest BCUT2D eigenvalue weighted by molar-refractivity contribution is 5.78. The lowest BCUT2D eigenvalue weighted by molar-refractivity contribution is -0.134. The highest BCUT2D eigenvalue weighted by Crippen LogP contribution is 2.14. The summed E-state index contributed by atoms with van der Waals surface area (Å²) in [6.45, 7) is 4.13. The molecule has 0 spiro atoms. The van der Waals surface area contributed by atoms with Gasteiger partial charge in [-0.05, 0) is 24.6 Å². The first-order valence-electron chi connectivity index (χ1n) is 5.70. The van der Waals surface area contributed by atoms with Crippen LogP contribution >= 0.6 is 0 Å². The summed E-state index contributed by atoms with van der Waals surface area (Å²) in [4.78, 5) is 13.6. The smallest absolute Gasteiger partial charge is 0.226 e. The Morgan fingerprint density at radius 2 is 2.12 bits per heavy atom. The zero-order valence-corrected chi connectivity index (χ0v) is 10.6. The average Bonchev–Trinajstić information content (AvgIpc) is 2.26. The second-order valence-electron chi connectivity index (χ2n) is 4.51. The molecule has 1 amide bonds. The summed E-state index contributed by atoms with van der Waals surface area (Å²) >= 11 is 0. The lowest BCUT2D eigenvalue weighted by Gasteiger charge is -2.23. The Hall–Kier alpha value is -1.55. The van der Waals surface area contributed by atoms with Crippen LogP contribution in [0.3, 0.4) is 0 Å². The van der Waals surface area contributed by atoms with Crippen molar-refractivity contribution in [1.29, 1.82) is 0 Å². The van der Waals surface area contributed by atoms with E-state index in [-0.39, 0.29) is 23.6 Å². The van der Waals surface area contributed by atoms with E-state index in [0.29, 0.717) is 6.54 Å². The summed E-state index contributed by atoms with van der Waals surface area (Å²) in [5, 5.41) is 9.34. The molecule has 4 nitrogen and oxygen atoms in total. The number of hydrogen-bond donors (Lipinski definition) is 2.